The second-order valence-corrected chi connectivity index (χ2v) is 6.58. The third-order valence-electron chi connectivity index (χ3n) is 2.68. The summed E-state index contributed by atoms with van der Waals surface area (Å²) in [5, 5.41) is 3.06. The van der Waals surface area contributed by atoms with Crippen LogP contribution in [0.3, 0.4) is 0 Å². The minimum atomic E-state index is -0.0338. The lowest BCUT2D eigenvalue weighted by atomic mass is 10.1. The van der Waals surface area contributed by atoms with Crippen molar-refractivity contribution in [2.45, 2.75) is 32.1 Å². The van der Waals surface area contributed by atoms with Gasteiger partial charge in [-0.15, -0.1) is 11.3 Å². The van der Waals surface area contributed by atoms with E-state index in [0.717, 1.165) is 25.0 Å². The maximum atomic E-state index is 5.99. The van der Waals surface area contributed by atoms with E-state index in [2.05, 4.69) is 52.2 Å². The van der Waals surface area contributed by atoms with E-state index >= 15 is 0 Å². The molecule has 1 aliphatic rings. The standard InChI is InChI=1S/C12H18BrNOS/c1-12(2)9-14(7-10(6-13)15-12)8-11-4-3-5-16-11/h3-5,10H,6-9H2,1-2H3. The van der Waals surface area contributed by atoms with E-state index in [1.54, 1.807) is 0 Å². The Morgan fingerprint density at radius 1 is 1.62 bits per heavy atom. The Morgan fingerprint density at radius 3 is 3.06 bits per heavy atom. The van der Waals surface area contributed by atoms with Gasteiger partial charge in [0, 0.05) is 29.8 Å². The van der Waals surface area contributed by atoms with E-state index in [4.69, 9.17) is 4.74 Å². The van der Waals surface area contributed by atoms with E-state index < -0.39 is 0 Å². The summed E-state index contributed by atoms with van der Waals surface area (Å²) in [7, 11) is 0. The summed E-state index contributed by atoms with van der Waals surface area (Å²) in [6.45, 7) is 7.42. The molecule has 1 atom stereocenters. The van der Waals surface area contributed by atoms with Gasteiger partial charge in [0.25, 0.3) is 0 Å². The number of thiophene rings is 1. The fourth-order valence-corrected chi connectivity index (χ4v) is 3.32. The van der Waals surface area contributed by atoms with Crippen molar-refractivity contribution >= 4 is 27.3 Å². The van der Waals surface area contributed by atoms with Crippen molar-refractivity contribution in [1.29, 1.82) is 0 Å². The van der Waals surface area contributed by atoms with Crippen molar-refractivity contribution in [1.82, 2.24) is 4.90 Å². The van der Waals surface area contributed by atoms with Crippen LogP contribution in [-0.2, 0) is 11.3 Å². The van der Waals surface area contributed by atoms with E-state index in [-0.39, 0.29) is 5.60 Å². The van der Waals surface area contributed by atoms with Crippen LogP contribution in [-0.4, -0.2) is 35.0 Å². The summed E-state index contributed by atoms with van der Waals surface area (Å²) >= 11 is 5.35. The molecular weight excluding hydrogens is 286 g/mol. The quantitative estimate of drug-likeness (QED) is 0.796. The van der Waals surface area contributed by atoms with Crippen molar-refractivity contribution < 1.29 is 4.74 Å². The second kappa shape index (κ2) is 5.17. The molecule has 90 valence electrons. The second-order valence-electron chi connectivity index (χ2n) is 4.90. The van der Waals surface area contributed by atoms with Gasteiger partial charge in [0.15, 0.2) is 0 Å². The van der Waals surface area contributed by atoms with Crippen LogP contribution in [0.4, 0.5) is 0 Å². The first-order valence-electron chi connectivity index (χ1n) is 5.57. The van der Waals surface area contributed by atoms with Crippen LogP contribution in [0.25, 0.3) is 0 Å². The van der Waals surface area contributed by atoms with Gasteiger partial charge in [-0.3, -0.25) is 4.90 Å². The lowest BCUT2D eigenvalue weighted by molar-refractivity contribution is -0.128. The topological polar surface area (TPSA) is 12.5 Å². The van der Waals surface area contributed by atoms with Gasteiger partial charge in [0.05, 0.1) is 11.7 Å². The molecule has 16 heavy (non-hydrogen) atoms. The first kappa shape index (κ1) is 12.6. The van der Waals surface area contributed by atoms with Crippen molar-refractivity contribution in [3.8, 4) is 0 Å². The Bertz CT molecular complexity index is 326. The molecule has 0 aliphatic carbocycles. The highest BCUT2D eigenvalue weighted by Crippen LogP contribution is 2.24. The van der Waals surface area contributed by atoms with Gasteiger partial charge >= 0.3 is 0 Å². The normalized spacial score (nSPS) is 25.8. The predicted molar refractivity (Wildman–Crippen MR) is 72.3 cm³/mol. The van der Waals surface area contributed by atoms with Crippen LogP contribution in [0.1, 0.15) is 18.7 Å². The Labute approximate surface area is 110 Å². The van der Waals surface area contributed by atoms with Crippen LogP contribution in [0.5, 0.6) is 0 Å². The third-order valence-corrected chi connectivity index (χ3v) is 4.27. The number of ether oxygens (including phenoxy) is 1. The molecule has 1 unspecified atom stereocenters. The average molecular weight is 304 g/mol. The number of hydrogen-bond donors (Lipinski definition) is 0. The largest absolute Gasteiger partial charge is 0.369 e. The van der Waals surface area contributed by atoms with Crippen molar-refractivity contribution in [3.05, 3.63) is 22.4 Å². The molecule has 2 nitrogen and oxygen atoms in total. The monoisotopic (exact) mass is 303 g/mol. The summed E-state index contributed by atoms with van der Waals surface area (Å²) in [5.74, 6) is 0. The molecule has 0 bridgehead atoms. The third kappa shape index (κ3) is 3.29. The first-order valence-corrected chi connectivity index (χ1v) is 7.58. The summed E-state index contributed by atoms with van der Waals surface area (Å²) < 4.78 is 5.99. The maximum absolute atomic E-state index is 5.99. The molecule has 0 aromatic carbocycles. The molecule has 2 rings (SSSR count). The molecule has 0 spiro atoms. The fourth-order valence-electron chi connectivity index (χ4n) is 2.24. The van der Waals surface area contributed by atoms with Crippen LogP contribution < -0.4 is 0 Å². The highest BCUT2D eigenvalue weighted by molar-refractivity contribution is 9.09. The number of halogens is 1. The van der Waals surface area contributed by atoms with E-state index in [0.29, 0.717) is 6.10 Å². The average Bonchev–Trinajstić information content (AvgIpc) is 2.67. The molecule has 1 aromatic heterocycles. The highest BCUT2D eigenvalue weighted by Gasteiger charge is 2.32. The number of rotatable bonds is 3. The minimum absolute atomic E-state index is 0.0338. The molecule has 2 heterocycles. The zero-order valence-electron chi connectivity index (χ0n) is 9.78. The molecule has 1 aromatic rings. The van der Waals surface area contributed by atoms with Crippen molar-refractivity contribution in [2.24, 2.45) is 0 Å². The number of morpholine rings is 1. The van der Waals surface area contributed by atoms with Crippen LogP contribution in [0.15, 0.2) is 17.5 Å². The van der Waals surface area contributed by atoms with E-state index in [1.807, 2.05) is 11.3 Å². The first-order chi connectivity index (χ1) is 7.59. The Morgan fingerprint density at radius 2 is 2.44 bits per heavy atom. The molecule has 1 saturated heterocycles. The van der Waals surface area contributed by atoms with Crippen molar-refractivity contribution in [2.75, 3.05) is 18.4 Å². The zero-order chi connectivity index (χ0) is 11.6. The predicted octanol–water partition coefficient (Wildman–Crippen LogP) is 3.12. The molecule has 4 heteroatoms. The van der Waals surface area contributed by atoms with Crippen LogP contribution >= 0.6 is 27.3 Å². The Hall–Kier alpha value is 0.1000. The van der Waals surface area contributed by atoms with Gasteiger partial charge in [-0.25, -0.2) is 0 Å². The van der Waals surface area contributed by atoms with Gasteiger partial charge in [-0.1, -0.05) is 22.0 Å². The molecule has 0 N–H and O–H groups in total. The summed E-state index contributed by atoms with van der Waals surface area (Å²) in [4.78, 5) is 3.92. The summed E-state index contributed by atoms with van der Waals surface area (Å²) in [5.41, 5.74) is -0.0338. The fraction of sp³-hybridized carbons (Fsp3) is 0.667. The molecule has 1 fully saturated rings. The van der Waals surface area contributed by atoms with Gasteiger partial charge in [0.1, 0.15) is 0 Å². The minimum Gasteiger partial charge on any atom is -0.369 e. The molecule has 1 aliphatic heterocycles. The molecular formula is C12H18BrNOS. The van der Waals surface area contributed by atoms with Crippen LogP contribution in [0, 0.1) is 0 Å². The lowest BCUT2D eigenvalue weighted by Crippen LogP contribution is -2.52. The molecule has 0 amide bonds. The van der Waals surface area contributed by atoms with E-state index in [9.17, 15) is 0 Å². The Kier molecular flexibility index (Phi) is 4.06. The molecule has 0 radical (unpaired) electrons. The zero-order valence-corrected chi connectivity index (χ0v) is 12.2. The molecule has 0 saturated carbocycles. The van der Waals surface area contributed by atoms with Crippen LogP contribution in [0.2, 0.25) is 0 Å². The van der Waals surface area contributed by atoms with E-state index in [1.165, 1.54) is 4.88 Å². The van der Waals surface area contributed by atoms with Gasteiger partial charge < -0.3 is 4.74 Å². The highest BCUT2D eigenvalue weighted by atomic mass is 79.9. The number of nitrogens with zero attached hydrogens (tertiary/aromatic N) is 1. The number of alkyl halides is 1. The summed E-state index contributed by atoms with van der Waals surface area (Å²) in [6, 6.07) is 4.32. The SMILES string of the molecule is CC1(C)CN(Cc2cccs2)CC(CBr)O1. The maximum Gasteiger partial charge on any atom is 0.0806 e. The van der Waals surface area contributed by atoms with Crippen molar-refractivity contribution in [3.63, 3.8) is 0 Å². The lowest BCUT2D eigenvalue weighted by Gasteiger charge is -2.42. The Balaban J connectivity index is 1.99. The van der Waals surface area contributed by atoms with Gasteiger partial charge in [-0.05, 0) is 25.3 Å². The smallest absolute Gasteiger partial charge is 0.0806 e. The summed E-state index contributed by atoms with van der Waals surface area (Å²) in [6.07, 6.45) is 0.309. The van der Waals surface area contributed by atoms with Gasteiger partial charge in [-0.2, -0.15) is 0 Å². The number of hydrogen-bond acceptors (Lipinski definition) is 3. The van der Waals surface area contributed by atoms with Gasteiger partial charge in [0.2, 0.25) is 0 Å².